The van der Waals surface area contributed by atoms with E-state index in [0.29, 0.717) is 24.5 Å². The molecule has 1 aromatic carbocycles. The number of rotatable bonds is 11. The molecule has 0 radical (unpaired) electrons. The van der Waals surface area contributed by atoms with Crippen molar-refractivity contribution < 1.29 is 38.5 Å². The maximum atomic E-state index is 13.6. The number of piperidine rings is 1. The highest BCUT2D eigenvalue weighted by Gasteiger charge is 2.53. The van der Waals surface area contributed by atoms with Gasteiger partial charge in [0.15, 0.2) is 6.79 Å². The Morgan fingerprint density at radius 2 is 1.86 bits per heavy atom. The predicted molar refractivity (Wildman–Crippen MR) is 138 cm³/mol. The third kappa shape index (κ3) is 8.58. The minimum absolute atomic E-state index is 0.0336. The molecule has 1 heterocycles. The van der Waals surface area contributed by atoms with E-state index < -0.39 is 43.7 Å². The number of ether oxygens (including phenoxy) is 1. The summed E-state index contributed by atoms with van der Waals surface area (Å²) in [5.74, 6) is -0.420. The van der Waals surface area contributed by atoms with Crippen LogP contribution in [0.3, 0.4) is 0 Å². The van der Waals surface area contributed by atoms with Crippen LogP contribution >= 0.6 is 19.9 Å². The number of nitrogens with one attached hydrogen (secondary N) is 2. The average Bonchev–Trinajstić information content (AvgIpc) is 2.79. The highest BCUT2D eigenvalue weighted by molar-refractivity contribution is 7.31. The van der Waals surface area contributed by atoms with Gasteiger partial charge in [0.1, 0.15) is 11.6 Å². The quantitative estimate of drug-likeness (QED) is 0.105. The van der Waals surface area contributed by atoms with E-state index in [0.717, 1.165) is 5.56 Å². The summed E-state index contributed by atoms with van der Waals surface area (Å²) in [5.41, 5.74) is -1.89. The standard InChI is InChI=1S/C24H37ClN3O8P/c1-16(2)19(27-21(30)26-13-23(5,6)31)20(29)28-12-11-24(22(3,4)14-28,34-15-35-36-37(32)33)17-7-9-18(25)10-8-17/h7-10,16,19,31H,11-15H2,1-6H3,(H2-,26,27,30,32,33)/p+1/t19-,24+/m1/s1. The molecule has 1 saturated heterocycles. The molecule has 1 aliphatic heterocycles. The first kappa shape index (κ1) is 31.4. The molecule has 4 N–H and O–H groups in total. The van der Waals surface area contributed by atoms with Gasteiger partial charge in [0.25, 0.3) is 0 Å². The summed E-state index contributed by atoms with van der Waals surface area (Å²) in [7, 11) is -2.95. The number of amides is 3. The number of hydrogen-bond donors (Lipinski definition) is 4. The van der Waals surface area contributed by atoms with Crippen LogP contribution in [0.1, 0.15) is 53.5 Å². The van der Waals surface area contributed by atoms with Crippen molar-refractivity contribution in [1.82, 2.24) is 15.5 Å². The molecule has 208 valence electrons. The molecule has 13 heteroatoms. The fourth-order valence-corrected chi connectivity index (χ4v) is 4.76. The molecule has 0 aliphatic carbocycles. The molecule has 0 spiro atoms. The SMILES string of the molecule is CC(C)[C@@H](NC(=O)NCC(C)(C)O)C(=O)N1CC[C@](OCOO[P+](=O)O)(c2ccc(Cl)cc2)C(C)(C)C1. The Bertz CT molecular complexity index is 954. The average molecular weight is 563 g/mol. The number of benzene rings is 1. The zero-order chi connectivity index (χ0) is 28.0. The van der Waals surface area contributed by atoms with Crippen LogP contribution in [0.15, 0.2) is 24.3 Å². The molecule has 1 aliphatic rings. The summed E-state index contributed by atoms with van der Waals surface area (Å²) in [5, 5.41) is 15.7. The van der Waals surface area contributed by atoms with E-state index in [2.05, 4.69) is 15.3 Å². The maximum Gasteiger partial charge on any atom is 0.726 e. The summed E-state index contributed by atoms with van der Waals surface area (Å²) in [6.45, 7) is 11.0. The number of carbonyl (C=O) groups excluding carboxylic acids is 2. The van der Waals surface area contributed by atoms with Gasteiger partial charge in [-0.3, -0.25) is 4.79 Å². The lowest BCUT2D eigenvalue weighted by Crippen LogP contribution is -2.62. The number of carbonyl (C=O) groups is 2. The molecule has 0 saturated carbocycles. The van der Waals surface area contributed by atoms with Crippen molar-refractivity contribution in [1.29, 1.82) is 0 Å². The van der Waals surface area contributed by atoms with Crippen molar-refractivity contribution in [3.63, 3.8) is 0 Å². The molecule has 37 heavy (non-hydrogen) atoms. The molecule has 0 aromatic heterocycles. The van der Waals surface area contributed by atoms with E-state index in [-0.39, 0.29) is 18.4 Å². The van der Waals surface area contributed by atoms with Crippen molar-refractivity contribution in [3.8, 4) is 0 Å². The van der Waals surface area contributed by atoms with Gasteiger partial charge in [-0.25, -0.2) is 4.79 Å². The summed E-state index contributed by atoms with van der Waals surface area (Å²) in [6.07, 6.45) is 0.373. The summed E-state index contributed by atoms with van der Waals surface area (Å²) < 4.78 is 21.3. The van der Waals surface area contributed by atoms with E-state index in [4.69, 9.17) is 26.1 Å². The smallest absolute Gasteiger partial charge is 0.389 e. The van der Waals surface area contributed by atoms with Crippen LogP contribution in [0.4, 0.5) is 4.79 Å². The Balaban J connectivity index is 2.23. The number of urea groups is 1. The zero-order valence-electron chi connectivity index (χ0n) is 22.1. The summed E-state index contributed by atoms with van der Waals surface area (Å²) >= 11 is 6.09. The number of nitrogens with zero attached hydrogens (tertiary/aromatic N) is 1. The third-order valence-corrected chi connectivity index (χ3v) is 6.89. The number of halogens is 1. The molecule has 1 aromatic rings. The van der Waals surface area contributed by atoms with Crippen LogP contribution in [-0.4, -0.2) is 64.9 Å². The second kappa shape index (κ2) is 12.8. The highest BCUT2D eigenvalue weighted by Crippen LogP contribution is 2.49. The van der Waals surface area contributed by atoms with Crippen LogP contribution in [0.25, 0.3) is 0 Å². The molecule has 0 bridgehead atoms. The number of hydrogen-bond acceptors (Lipinski definition) is 7. The topological polar surface area (TPSA) is 147 Å². The first-order valence-electron chi connectivity index (χ1n) is 12.0. The lowest BCUT2D eigenvalue weighted by atomic mass is 9.66. The Labute approximate surface area is 223 Å². The van der Waals surface area contributed by atoms with Gasteiger partial charge in [-0.15, -0.1) is 4.89 Å². The van der Waals surface area contributed by atoms with Gasteiger partial charge < -0.3 is 25.4 Å². The Morgan fingerprint density at radius 3 is 2.38 bits per heavy atom. The van der Waals surface area contributed by atoms with E-state index in [1.165, 1.54) is 0 Å². The number of likely N-dealkylation sites (tertiary alicyclic amines) is 1. The lowest BCUT2D eigenvalue weighted by Gasteiger charge is -2.53. The zero-order valence-corrected chi connectivity index (χ0v) is 23.8. The third-order valence-electron chi connectivity index (χ3n) is 6.41. The van der Waals surface area contributed by atoms with Gasteiger partial charge in [-0.2, -0.15) is 4.89 Å². The fraction of sp³-hybridized carbons (Fsp3) is 0.667. The first-order valence-corrected chi connectivity index (χ1v) is 13.5. The van der Waals surface area contributed by atoms with Crippen LogP contribution < -0.4 is 10.6 Å². The summed E-state index contributed by atoms with van der Waals surface area (Å²) in [4.78, 5) is 41.3. The molecule has 2 rings (SSSR count). The van der Waals surface area contributed by atoms with Gasteiger partial charge in [-0.05, 0) is 43.9 Å². The Hall–Kier alpha value is -1.85. The van der Waals surface area contributed by atoms with Crippen LogP contribution in [0.5, 0.6) is 0 Å². The number of aliphatic hydroxyl groups is 1. The van der Waals surface area contributed by atoms with Crippen molar-refractivity contribution in [2.24, 2.45) is 11.3 Å². The minimum Gasteiger partial charge on any atom is -0.389 e. The van der Waals surface area contributed by atoms with Gasteiger partial charge in [-0.1, -0.05) is 51.4 Å². The molecule has 3 atom stereocenters. The molecular formula is C24H38ClN3O8P+. The van der Waals surface area contributed by atoms with Crippen LogP contribution in [0, 0.1) is 11.3 Å². The highest BCUT2D eigenvalue weighted by atomic mass is 35.5. The Kier molecular flexibility index (Phi) is 10.9. The van der Waals surface area contributed by atoms with Crippen molar-refractivity contribution in [2.45, 2.75) is 65.2 Å². The first-order chi connectivity index (χ1) is 17.1. The van der Waals surface area contributed by atoms with Gasteiger partial charge in [0.2, 0.25) is 5.91 Å². The molecular weight excluding hydrogens is 525 g/mol. The molecule has 1 fully saturated rings. The fourth-order valence-electron chi connectivity index (χ4n) is 4.50. The van der Waals surface area contributed by atoms with E-state index in [9.17, 15) is 19.3 Å². The van der Waals surface area contributed by atoms with Crippen LogP contribution in [0.2, 0.25) is 5.02 Å². The van der Waals surface area contributed by atoms with E-state index in [1.807, 2.05) is 39.8 Å². The predicted octanol–water partition coefficient (Wildman–Crippen LogP) is 3.46. The normalized spacial score (nSPS) is 20.9. The van der Waals surface area contributed by atoms with E-state index >= 15 is 0 Å². The lowest BCUT2D eigenvalue weighted by molar-refractivity contribution is -0.312. The maximum absolute atomic E-state index is 13.6. The van der Waals surface area contributed by atoms with Crippen molar-refractivity contribution in [3.05, 3.63) is 34.9 Å². The minimum atomic E-state index is -2.95. The molecule has 1 unspecified atom stereocenters. The van der Waals surface area contributed by atoms with Gasteiger partial charge in [0.05, 0.1) is 10.3 Å². The summed E-state index contributed by atoms with van der Waals surface area (Å²) in [6, 6.07) is 5.83. The van der Waals surface area contributed by atoms with Crippen molar-refractivity contribution in [2.75, 3.05) is 26.4 Å². The Morgan fingerprint density at radius 1 is 1.24 bits per heavy atom. The second-order valence-electron chi connectivity index (χ2n) is 10.8. The van der Waals surface area contributed by atoms with Gasteiger partial charge >= 0.3 is 14.3 Å². The monoisotopic (exact) mass is 562 g/mol. The second-order valence-corrected chi connectivity index (χ2v) is 11.8. The molecule has 3 amide bonds. The molecule has 11 nitrogen and oxygen atoms in total. The van der Waals surface area contributed by atoms with Gasteiger partial charge in [0, 0.05) is 34.6 Å². The van der Waals surface area contributed by atoms with Crippen molar-refractivity contribution >= 4 is 31.8 Å². The van der Waals surface area contributed by atoms with E-state index in [1.54, 1.807) is 30.9 Å². The van der Waals surface area contributed by atoms with Crippen LogP contribution in [-0.2, 0) is 29.3 Å². The largest absolute Gasteiger partial charge is 0.726 e.